The molecule has 0 aliphatic rings. The first-order chi connectivity index (χ1) is 12.9. The number of rotatable bonds is 9. The van der Waals surface area contributed by atoms with E-state index < -0.39 is 35.9 Å². The number of halogens is 3. The lowest BCUT2D eigenvalue weighted by atomic mass is 9.98. The molecule has 0 amide bonds. The third-order valence-corrected chi connectivity index (χ3v) is 3.93. The molecule has 1 rings (SSSR count). The van der Waals surface area contributed by atoms with E-state index in [1.165, 1.54) is 6.08 Å². The molecule has 7 heteroatoms. The zero-order valence-corrected chi connectivity index (χ0v) is 16.7. The maximum atomic E-state index is 12.4. The van der Waals surface area contributed by atoms with Crippen molar-refractivity contribution in [3.05, 3.63) is 48.0 Å². The van der Waals surface area contributed by atoms with Crippen molar-refractivity contribution < 1.29 is 32.5 Å². The zero-order chi connectivity index (χ0) is 21.4. The van der Waals surface area contributed by atoms with E-state index in [9.17, 15) is 18.0 Å². The van der Waals surface area contributed by atoms with Crippen LogP contribution in [0.4, 0.5) is 13.2 Å². The van der Waals surface area contributed by atoms with Gasteiger partial charge < -0.3 is 14.6 Å². The third kappa shape index (κ3) is 9.37. The van der Waals surface area contributed by atoms with Crippen LogP contribution >= 0.6 is 0 Å². The van der Waals surface area contributed by atoms with Crippen molar-refractivity contribution in [1.82, 2.24) is 0 Å². The Bertz CT molecular complexity index is 621. The Morgan fingerprint density at radius 3 is 2.32 bits per heavy atom. The number of aliphatic hydroxyl groups is 1. The van der Waals surface area contributed by atoms with Crippen LogP contribution in [0.1, 0.15) is 46.1 Å². The monoisotopic (exact) mass is 402 g/mol. The molecule has 1 aromatic rings. The van der Waals surface area contributed by atoms with Gasteiger partial charge in [-0.2, -0.15) is 13.2 Å². The van der Waals surface area contributed by atoms with Crippen LogP contribution in [0, 0.1) is 5.92 Å². The number of esters is 1. The third-order valence-electron chi connectivity index (χ3n) is 3.93. The van der Waals surface area contributed by atoms with Gasteiger partial charge >= 0.3 is 12.1 Å². The molecule has 0 saturated heterocycles. The summed E-state index contributed by atoms with van der Waals surface area (Å²) in [6.45, 7) is 7.34. The normalized spacial score (nSPS) is 16.0. The van der Waals surface area contributed by atoms with Gasteiger partial charge in [-0.05, 0) is 46.1 Å². The molecule has 3 atom stereocenters. The summed E-state index contributed by atoms with van der Waals surface area (Å²) in [6.07, 6.45) is -5.22. The van der Waals surface area contributed by atoms with E-state index in [1.807, 2.05) is 51.1 Å². The van der Waals surface area contributed by atoms with E-state index in [4.69, 9.17) is 14.6 Å². The van der Waals surface area contributed by atoms with Crippen LogP contribution < -0.4 is 0 Å². The molecule has 0 fully saturated rings. The molecule has 0 aromatic heterocycles. The number of ether oxygens (including phenoxy) is 2. The highest BCUT2D eigenvalue weighted by Crippen LogP contribution is 2.24. The first-order valence-corrected chi connectivity index (χ1v) is 9.20. The van der Waals surface area contributed by atoms with Crippen molar-refractivity contribution in [1.29, 1.82) is 0 Å². The second kappa shape index (κ2) is 10.6. The fourth-order valence-corrected chi connectivity index (χ4v) is 2.47. The average Bonchev–Trinajstić information content (AvgIpc) is 2.60. The van der Waals surface area contributed by atoms with Crippen LogP contribution in [0.2, 0.25) is 0 Å². The molecule has 158 valence electrons. The molecule has 0 heterocycles. The fourth-order valence-electron chi connectivity index (χ4n) is 2.47. The van der Waals surface area contributed by atoms with Gasteiger partial charge in [0.15, 0.2) is 6.10 Å². The van der Waals surface area contributed by atoms with Crippen molar-refractivity contribution in [2.75, 3.05) is 0 Å². The standard InChI is InChI=1S/C21H29F3O4/c1-15(19(26)27-14-16-10-6-5-7-11-16)17(28-20(2,3)4)12-8-9-13-18(25)21(22,23)24/h5-7,9-11,13,15,17-18,25H,8,12,14H2,1-4H3/t15-,17-,18?/m0/s1. The Kier molecular flexibility index (Phi) is 9.17. The molecule has 1 N–H and O–H groups in total. The highest BCUT2D eigenvalue weighted by atomic mass is 19.4. The van der Waals surface area contributed by atoms with Crippen LogP contribution in [-0.4, -0.2) is 35.1 Å². The van der Waals surface area contributed by atoms with Gasteiger partial charge in [0.2, 0.25) is 0 Å². The molecule has 0 aliphatic carbocycles. The van der Waals surface area contributed by atoms with Crippen LogP contribution in [0.25, 0.3) is 0 Å². The van der Waals surface area contributed by atoms with Crippen LogP contribution in [-0.2, 0) is 20.9 Å². The maximum Gasteiger partial charge on any atom is 0.417 e. The van der Waals surface area contributed by atoms with Gasteiger partial charge in [-0.25, -0.2) is 0 Å². The van der Waals surface area contributed by atoms with Crippen LogP contribution in [0.5, 0.6) is 0 Å². The van der Waals surface area contributed by atoms with Gasteiger partial charge in [-0.3, -0.25) is 4.79 Å². The Hall–Kier alpha value is -1.86. The lowest BCUT2D eigenvalue weighted by Gasteiger charge is -2.30. The predicted molar refractivity (Wildman–Crippen MR) is 100 cm³/mol. The second-order valence-corrected chi connectivity index (χ2v) is 7.64. The number of alkyl halides is 3. The minimum atomic E-state index is -4.69. The summed E-state index contributed by atoms with van der Waals surface area (Å²) in [5.74, 6) is -1.03. The smallest absolute Gasteiger partial charge is 0.417 e. The van der Waals surface area contributed by atoms with E-state index in [-0.39, 0.29) is 13.0 Å². The van der Waals surface area contributed by atoms with Gasteiger partial charge in [0.05, 0.1) is 17.6 Å². The second-order valence-electron chi connectivity index (χ2n) is 7.64. The zero-order valence-electron chi connectivity index (χ0n) is 16.7. The van der Waals surface area contributed by atoms with E-state index >= 15 is 0 Å². The average molecular weight is 402 g/mol. The van der Waals surface area contributed by atoms with Crippen molar-refractivity contribution in [3.63, 3.8) is 0 Å². The number of aliphatic hydroxyl groups excluding tert-OH is 1. The molecule has 1 aromatic carbocycles. The van der Waals surface area contributed by atoms with Crippen molar-refractivity contribution >= 4 is 5.97 Å². The number of benzene rings is 1. The molecule has 4 nitrogen and oxygen atoms in total. The summed E-state index contributed by atoms with van der Waals surface area (Å²) in [7, 11) is 0. The summed E-state index contributed by atoms with van der Waals surface area (Å²) in [5.41, 5.74) is 0.328. The molecule has 1 unspecified atom stereocenters. The first kappa shape index (κ1) is 24.2. The molecule has 0 bridgehead atoms. The first-order valence-electron chi connectivity index (χ1n) is 9.20. The maximum absolute atomic E-state index is 12.4. The highest BCUT2D eigenvalue weighted by Gasteiger charge is 2.36. The largest absolute Gasteiger partial charge is 0.461 e. The van der Waals surface area contributed by atoms with Crippen molar-refractivity contribution in [3.8, 4) is 0 Å². The van der Waals surface area contributed by atoms with E-state index in [1.54, 1.807) is 6.92 Å². The molecular formula is C21H29F3O4. The van der Waals surface area contributed by atoms with E-state index in [0.29, 0.717) is 12.5 Å². The SMILES string of the molecule is C[C@H](C(=O)OCc1ccccc1)[C@H](CCC=CC(O)C(F)(F)F)OC(C)(C)C. The van der Waals surface area contributed by atoms with Gasteiger partial charge in [-0.1, -0.05) is 42.5 Å². The highest BCUT2D eigenvalue weighted by molar-refractivity contribution is 5.72. The summed E-state index contributed by atoms with van der Waals surface area (Å²) in [4.78, 5) is 12.4. The molecule has 0 spiro atoms. The van der Waals surface area contributed by atoms with Crippen molar-refractivity contribution in [2.45, 2.75) is 71.1 Å². The molecule has 0 aliphatic heterocycles. The van der Waals surface area contributed by atoms with E-state index in [0.717, 1.165) is 5.56 Å². The van der Waals surface area contributed by atoms with Gasteiger partial charge in [0.25, 0.3) is 0 Å². The topological polar surface area (TPSA) is 55.8 Å². The van der Waals surface area contributed by atoms with E-state index in [2.05, 4.69) is 0 Å². The Labute approximate surface area is 164 Å². The fraction of sp³-hybridized carbons (Fsp3) is 0.571. The van der Waals surface area contributed by atoms with Gasteiger partial charge in [0.1, 0.15) is 6.61 Å². The lowest BCUT2D eigenvalue weighted by Crippen LogP contribution is -2.36. The molecule has 28 heavy (non-hydrogen) atoms. The number of hydrogen-bond acceptors (Lipinski definition) is 4. The summed E-state index contributed by atoms with van der Waals surface area (Å²) >= 11 is 0. The predicted octanol–water partition coefficient (Wildman–Crippen LogP) is 4.81. The molecule has 0 saturated carbocycles. The van der Waals surface area contributed by atoms with Gasteiger partial charge in [0, 0.05) is 0 Å². The quantitative estimate of drug-likeness (QED) is 0.476. The summed E-state index contributed by atoms with van der Waals surface area (Å²) < 4.78 is 48.3. The number of hydrogen-bond donors (Lipinski definition) is 1. The Morgan fingerprint density at radius 2 is 1.79 bits per heavy atom. The summed E-state index contributed by atoms with van der Waals surface area (Å²) in [6, 6.07) is 9.25. The van der Waals surface area contributed by atoms with Crippen molar-refractivity contribution in [2.24, 2.45) is 5.92 Å². The summed E-state index contributed by atoms with van der Waals surface area (Å²) in [5, 5.41) is 9.00. The Balaban J connectivity index is 2.66. The minimum absolute atomic E-state index is 0.143. The molecular weight excluding hydrogens is 373 g/mol. The Morgan fingerprint density at radius 1 is 1.18 bits per heavy atom. The number of allylic oxidation sites excluding steroid dienone is 1. The number of carbonyl (C=O) groups excluding carboxylic acids is 1. The van der Waals surface area contributed by atoms with Crippen LogP contribution in [0.15, 0.2) is 42.5 Å². The minimum Gasteiger partial charge on any atom is -0.461 e. The number of carbonyl (C=O) groups is 1. The lowest BCUT2D eigenvalue weighted by molar-refractivity contribution is -0.187. The van der Waals surface area contributed by atoms with Crippen LogP contribution in [0.3, 0.4) is 0 Å². The van der Waals surface area contributed by atoms with Gasteiger partial charge in [-0.15, -0.1) is 0 Å². The molecule has 0 radical (unpaired) electrons.